The van der Waals surface area contributed by atoms with E-state index in [2.05, 4.69) is 5.32 Å². The van der Waals surface area contributed by atoms with Crippen molar-refractivity contribution in [3.05, 3.63) is 54.6 Å². The fourth-order valence-corrected chi connectivity index (χ4v) is 3.06. The predicted molar refractivity (Wildman–Crippen MR) is 87.9 cm³/mol. The third kappa shape index (κ3) is 4.30. The number of ether oxygens (including phenoxy) is 1. The van der Waals surface area contributed by atoms with Crippen LogP contribution < -0.4 is 10.1 Å². The molecule has 122 valence electrons. The maximum Gasteiger partial charge on any atom is 0.243 e. The number of nitrogens with one attached hydrogen (secondary N) is 1. The first-order valence-electron chi connectivity index (χ1n) is 6.89. The zero-order valence-corrected chi connectivity index (χ0v) is 13.7. The number of carbonyl (C=O) groups excluding carboxylic acids is 1. The number of sulfonamides is 1. The van der Waals surface area contributed by atoms with Crippen molar-refractivity contribution < 1.29 is 17.9 Å². The highest BCUT2D eigenvalue weighted by Crippen LogP contribution is 2.18. The molecule has 7 heteroatoms. The summed E-state index contributed by atoms with van der Waals surface area (Å²) < 4.78 is 30.9. The van der Waals surface area contributed by atoms with Gasteiger partial charge in [-0.05, 0) is 36.4 Å². The van der Waals surface area contributed by atoms with E-state index in [-0.39, 0.29) is 11.4 Å². The molecule has 0 fully saturated rings. The van der Waals surface area contributed by atoms with E-state index in [1.807, 2.05) is 6.07 Å². The second-order valence-electron chi connectivity index (χ2n) is 4.85. The van der Waals surface area contributed by atoms with Gasteiger partial charge in [-0.25, -0.2) is 8.42 Å². The van der Waals surface area contributed by atoms with Gasteiger partial charge < -0.3 is 10.1 Å². The number of hydrogen-bond acceptors (Lipinski definition) is 4. The molecular weight excluding hydrogens is 316 g/mol. The van der Waals surface area contributed by atoms with Gasteiger partial charge in [0.05, 0.1) is 18.6 Å². The molecule has 0 atom stereocenters. The fraction of sp³-hybridized carbons (Fsp3) is 0.188. The largest absolute Gasteiger partial charge is 0.497 e. The molecule has 2 aromatic rings. The number of para-hydroxylation sites is 1. The molecule has 2 rings (SSSR count). The molecule has 0 heterocycles. The van der Waals surface area contributed by atoms with Gasteiger partial charge in [0.2, 0.25) is 15.9 Å². The van der Waals surface area contributed by atoms with E-state index in [4.69, 9.17) is 4.74 Å². The lowest BCUT2D eigenvalue weighted by molar-refractivity contribution is -0.116. The highest BCUT2D eigenvalue weighted by Gasteiger charge is 2.23. The van der Waals surface area contributed by atoms with Crippen molar-refractivity contribution in [2.75, 3.05) is 26.0 Å². The number of rotatable bonds is 6. The normalized spacial score (nSPS) is 11.3. The number of benzene rings is 2. The lowest BCUT2D eigenvalue weighted by Gasteiger charge is -2.17. The van der Waals surface area contributed by atoms with Crippen LogP contribution in [-0.2, 0) is 14.8 Å². The van der Waals surface area contributed by atoms with Crippen LogP contribution in [0.1, 0.15) is 0 Å². The third-order valence-corrected chi connectivity index (χ3v) is 5.01. The Balaban J connectivity index is 2.05. The molecule has 2 aromatic carbocycles. The SMILES string of the molecule is COc1ccc(S(=O)(=O)N(C)CC(=O)Nc2ccccc2)cc1. The summed E-state index contributed by atoms with van der Waals surface area (Å²) in [5.74, 6) is 0.157. The number of methoxy groups -OCH3 is 1. The minimum Gasteiger partial charge on any atom is -0.497 e. The molecule has 0 aromatic heterocycles. The Labute approximate surface area is 135 Å². The molecule has 0 saturated heterocycles. The highest BCUT2D eigenvalue weighted by atomic mass is 32.2. The molecule has 0 saturated carbocycles. The summed E-state index contributed by atoms with van der Waals surface area (Å²) in [6, 6.07) is 14.9. The lowest BCUT2D eigenvalue weighted by Crippen LogP contribution is -2.34. The molecule has 0 radical (unpaired) electrons. The molecular formula is C16H18N2O4S. The number of anilines is 1. The predicted octanol–water partition coefficient (Wildman–Crippen LogP) is 1.95. The third-order valence-electron chi connectivity index (χ3n) is 3.19. The zero-order chi connectivity index (χ0) is 16.9. The number of amides is 1. The summed E-state index contributed by atoms with van der Waals surface area (Å²) >= 11 is 0. The highest BCUT2D eigenvalue weighted by molar-refractivity contribution is 7.89. The van der Waals surface area contributed by atoms with Gasteiger partial charge in [-0.2, -0.15) is 4.31 Å². The van der Waals surface area contributed by atoms with Crippen LogP contribution in [0.4, 0.5) is 5.69 Å². The quantitative estimate of drug-likeness (QED) is 0.876. The van der Waals surface area contributed by atoms with Gasteiger partial charge in [-0.15, -0.1) is 0 Å². The minimum atomic E-state index is -3.73. The minimum absolute atomic E-state index is 0.105. The van der Waals surface area contributed by atoms with Crippen molar-refractivity contribution in [2.45, 2.75) is 4.90 Å². The molecule has 0 aliphatic carbocycles. The first kappa shape index (κ1) is 17.0. The first-order valence-corrected chi connectivity index (χ1v) is 8.33. The summed E-state index contributed by atoms with van der Waals surface area (Å²) in [5, 5.41) is 2.65. The van der Waals surface area contributed by atoms with E-state index in [0.717, 1.165) is 4.31 Å². The van der Waals surface area contributed by atoms with E-state index in [1.54, 1.807) is 36.4 Å². The Morgan fingerprint density at radius 1 is 1.09 bits per heavy atom. The summed E-state index contributed by atoms with van der Waals surface area (Å²) in [7, 11) is -0.866. The molecule has 1 N–H and O–H groups in total. The van der Waals surface area contributed by atoms with E-state index in [1.165, 1.54) is 26.3 Å². The van der Waals surface area contributed by atoms with Gasteiger partial charge in [-0.1, -0.05) is 18.2 Å². The lowest BCUT2D eigenvalue weighted by atomic mass is 10.3. The molecule has 23 heavy (non-hydrogen) atoms. The molecule has 0 aliphatic rings. The Morgan fingerprint density at radius 2 is 1.70 bits per heavy atom. The van der Waals surface area contributed by atoms with Gasteiger partial charge in [0.25, 0.3) is 0 Å². The van der Waals surface area contributed by atoms with Crippen LogP contribution >= 0.6 is 0 Å². The van der Waals surface area contributed by atoms with E-state index < -0.39 is 15.9 Å². The van der Waals surface area contributed by atoms with Gasteiger partial charge >= 0.3 is 0 Å². The van der Waals surface area contributed by atoms with Gasteiger partial charge in [0.15, 0.2) is 0 Å². The molecule has 0 unspecified atom stereocenters. The summed E-state index contributed by atoms with van der Waals surface area (Å²) in [6.07, 6.45) is 0. The number of nitrogens with zero attached hydrogens (tertiary/aromatic N) is 1. The second-order valence-corrected chi connectivity index (χ2v) is 6.90. The van der Waals surface area contributed by atoms with Gasteiger partial charge in [0.1, 0.15) is 5.75 Å². The van der Waals surface area contributed by atoms with Crippen molar-refractivity contribution in [3.63, 3.8) is 0 Å². The fourth-order valence-electron chi connectivity index (χ4n) is 1.94. The van der Waals surface area contributed by atoms with Crippen LogP contribution in [0.3, 0.4) is 0 Å². The van der Waals surface area contributed by atoms with Gasteiger partial charge in [-0.3, -0.25) is 4.79 Å². The standard InChI is InChI=1S/C16H18N2O4S/c1-18(12-16(19)17-13-6-4-3-5-7-13)23(20,21)15-10-8-14(22-2)9-11-15/h3-11H,12H2,1-2H3,(H,17,19). The first-order chi connectivity index (χ1) is 10.9. The molecule has 0 spiro atoms. The second kappa shape index (κ2) is 7.26. The Kier molecular flexibility index (Phi) is 5.36. The van der Waals surface area contributed by atoms with Gasteiger partial charge in [0, 0.05) is 12.7 Å². The van der Waals surface area contributed by atoms with Crippen molar-refractivity contribution >= 4 is 21.6 Å². The number of likely N-dealkylation sites (N-methyl/N-ethyl adjacent to an activating group) is 1. The molecule has 1 amide bonds. The van der Waals surface area contributed by atoms with Crippen molar-refractivity contribution in [3.8, 4) is 5.75 Å². The van der Waals surface area contributed by atoms with Crippen molar-refractivity contribution in [2.24, 2.45) is 0 Å². The Bertz CT molecular complexity index is 758. The average Bonchev–Trinajstić information content (AvgIpc) is 2.55. The summed E-state index contributed by atoms with van der Waals surface area (Å²) in [6.45, 7) is -0.275. The van der Waals surface area contributed by atoms with Crippen LogP contribution in [0.2, 0.25) is 0 Å². The average molecular weight is 334 g/mol. The Morgan fingerprint density at radius 3 is 2.26 bits per heavy atom. The Hall–Kier alpha value is -2.38. The van der Waals surface area contributed by atoms with E-state index >= 15 is 0 Å². The molecule has 6 nitrogen and oxygen atoms in total. The van der Waals surface area contributed by atoms with E-state index in [9.17, 15) is 13.2 Å². The molecule has 0 bridgehead atoms. The zero-order valence-electron chi connectivity index (χ0n) is 12.9. The molecule has 0 aliphatic heterocycles. The summed E-state index contributed by atoms with van der Waals surface area (Å²) in [4.78, 5) is 12.1. The maximum atomic E-state index is 12.4. The topological polar surface area (TPSA) is 75.7 Å². The van der Waals surface area contributed by atoms with Crippen molar-refractivity contribution in [1.82, 2.24) is 4.31 Å². The maximum absolute atomic E-state index is 12.4. The van der Waals surface area contributed by atoms with E-state index in [0.29, 0.717) is 11.4 Å². The van der Waals surface area contributed by atoms with Crippen molar-refractivity contribution in [1.29, 1.82) is 0 Å². The van der Waals surface area contributed by atoms with Crippen LogP contribution in [0.5, 0.6) is 5.75 Å². The summed E-state index contributed by atoms with van der Waals surface area (Å²) in [5.41, 5.74) is 0.618. The number of carbonyl (C=O) groups is 1. The monoisotopic (exact) mass is 334 g/mol. The van der Waals surface area contributed by atoms with Crippen LogP contribution in [-0.4, -0.2) is 39.3 Å². The van der Waals surface area contributed by atoms with Crippen LogP contribution in [0.25, 0.3) is 0 Å². The van der Waals surface area contributed by atoms with Crippen LogP contribution in [0.15, 0.2) is 59.5 Å². The smallest absolute Gasteiger partial charge is 0.243 e. The number of hydrogen-bond donors (Lipinski definition) is 1. The van der Waals surface area contributed by atoms with Crippen LogP contribution in [0, 0.1) is 0 Å².